The highest BCUT2D eigenvalue weighted by molar-refractivity contribution is 5.98. The van der Waals surface area contributed by atoms with E-state index in [0.717, 1.165) is 73.3 Å². The van der Waals surface area contributed by atoms with Gasteiger partial charge in [0.15, 0.2) is 17.4 Å². The van der Waals surface area contributed by atoms with Crippen molar-refractivity contribution < 1.29 is 14.6 Å². The lowest BCUT2D eigenvalue weighted by Crippen LogP contribution is -2.46. The van der Waals surface area contributed by atoms with E-state index in [1.807, 2.05) is 48.7 Å². The third-order valence-corrected chi connectivity index (χ3v) is 8.04. The zero-order chi connectivity index (χ0) is 28.9. The highest BCUT2D eigenvalue weighted by Crippen LogP contribution is 2.40. The fraction of sp³-hybridized carbons (Fsp3) is 0.438. The molecule has 3 heterocycles. The number of benzene rings is 2. The fourth-order valence-corrected chi connectivity index (χ4v) is 5.87. The Morgan fingerprint density at radius 3 is 2.34 bits per heavy atom. The fourth-order valence-electron chi connectivity index (χ4n) is 5.87. The molecule has 0 bridgehead atoms. The largest absolute Gasteiger partial charge is 0.494 e. The van der Waals surface area contributed by atoms with E-state index in [9.17, 15) is 5.11 Å². The average molecular weight is 559 g/mol. The number of rotatable bonds is 11. The number of aromatic hydroxyl groups is 1. The number of hydrogen-bond donors (Lipinski definition) is 2. The molecule has 9 heteroatoms. The van der Waals surface area contributed by atoms with E-state index in [0.29, 0.717) is 24.0 Å². The van der Waals surface area contributed by atoms with E-state index < -0.39 is 0 Å². The van der Waals surface area contributed by atoms with Gasteiger partial charge in [-0.1, -0.05) is 19.1 Å². The van der Waals surface area contributed by atoms with Gasteiger partial charge in [0.1, 0.15) is 0 Å². The molecule has 2 aromatic carbocycles. The van der Waals surface area contributed by atoms with Crippen LogP contribution >= 0.6 is 0 Å². The number of ether oxygens (including phenoxy) is 2. The Bertz CT molecular complexity index is 1460. The lowest BCUT2D eigenvalue weighted by atomic mass is 10.0. The Balaban J connectivity index is 1.46. The van der Waals surface area contributed by atoms with Crippen LogP contribution in [0.15, 0.2) is 48.7 Å². The van der Waals surface area contributed by atoms with E-state index >= 15 is 0 Å². The number of hydrogen-bond acceptors (Lipinski definition) is 8. The number of likely N-dealkylation sites (N-methyl/N-ethyl adjacent to an activating group) is 1. The van der Waals surface area contributed by atoms with Crippen LogP contribution in [-0.2, 0) is 0 Å². The first-order valence-electron chi connectivity index (χ1n) is 14.5. The van der Waals surface area contributed by atoms with Crippen molar-refractivity contribution in [1.82, 2.24) is 19.4 Å². The molecule has 41 heavy (non-hydrogen) atoms. The summed E-state index contributed by atoms with van der Waals surface area (Å²) in [5.41, 5.74) is 4.10. The highest BCUT2D eigenvalue weighted by Gasteiger charge is 2.24. The molecule has 0 radical (unpaired) electrons. The molecule has 0 saturated carbocycles. The molecule has 1 aliphatic heterocycles. The van der Waals surface area contributed by atoms with Crippen molar-refractivity contribution in [3.63, 3.8) is 0 Å². The van der Waals surface area contributed by atoms with Gasteiger partial charge in [-0.15, -0.1) is 0 Å². The van der Waals surface area contributed by atoms with Gasteiger partial charge in [0.2, 0.25) is 5.95 Å². The molecule has 5 rings (SSSR count). The first-order valence-corrected chi connectivity index (χ1v) is 14.5. The van der Waals surface area contributed by atoms with Gasteiger partial charge in [0.25, 0.3) is 0 Å². The van der Waals surface area contributed by atoms with Crippen molar-refractivity contribution in [2.75, 3.05) is 63.7 Å². The van der Waals surface area contributed by atoms with Crippen LogP contribution in [0.1, 0.15) is 42.8 Å². The molecule has 0 amide bonds. The summed E-state index contributed by atoms with van der Waals surface area (Å²) in [6.07, 6.45) is 3.75. The van der Waals surface area contributed by atoms with Gasteiger partial charge < -0.3 is 34.3 Å². The van der Waals surface area contributed by atoms with Gasteiger partial charge >= 0.3 is 0 Å². The molecule has 1 atom stereocenters. The molecule has 1 fully saturated rings. The number of anilines is 2. The Morgan fingerprint density at radius 2 is 1.66 bits per heavy atom. The number of aromatic nitrogens is 3. The zero-order valence-electron chi connectivity index (χ0n) is 24.9. The molecule has 0 aliphatic carbocycles. The van der Waals surface area contributed by atoms with Crippen LogP contribution in [0, 0.1) is 13.8 Å². The second-order valence-electron chi connectivity index (χ2n) is 10.7. The van der Waals surface area contributed by atoms with Crippen molar-refractivity contribution in [2.24, 2.45) is 0 Å². The first-order chi connectivity index (χ1) is 19.9. The zero-order valence-corrected chi connectivity index (χ0v) is 24.9. The van der Waals surface area contributed by atoms with Crippen molar-refractivity contribution in [2.45, 2.75) is 39.7 Å². The first kappa shape index (κ1) is 28.5. The SMILES string of the molecule is CCN1CCN(c2cccc3c(O)n([C@H](CCCNc4nc(C)cc(C)n4)c4ccc(OC)c(OC)c4)cc23)CC1. The van der Waals surface area contributed by atoms with E-state index in [1.165, 1.54) is 5.69 Å². The van der Waals surface area contributed by atoms with Gasteiger partial charge in [0, 0.05) is 66.8 Å². The number of nitrogens with one attached hydrogen (secondary N) is 1. The number of fused-ring (bicyclic) bond motifs is 1. The molecule has 1 saturated heterocycles. The topological polar surface area (TPSA) is 87.9 Å². The van der Waals surface area contributed by atoms with Crippen LogP contribution in [0.25, 0.3) is 10.8 Å². The lowest BCUT2D eigenvalue weighted by Gasteiger charge is -2.35. The molecule has 2 N–H and O–H groups in total. The summed E-state index contributed by atoms with van der Waals surface area (Å²) >= 11 is 0. The summed E-state index contributed by atoms with van der Waals surface area (Å²) in [4.78, 5) is 13.9. The summed E-state index contributed by atoms with van der Waals surface area (Å²) in [5.74, 6) is 2.27. The Hall–Kier alpha value is -3.98. The summed E-state index contributed by atoms with van der Waals surface area (Å²) in [7, 11) is 3.29. The van der Waals surface area contributed by atoms with Crippen LogP contribution in [0.5, 0.6) is 17.4 Å². The number of methoxy groups -OCH3 is 2. The van der Waals surface area contributed by atoms with E-state index in [2.05, 4.69) is 50.3 Å². The summed E-state index contributed by atoms with van der Waals surface area (Å²) in [6.45, 7) is 12.0. The third kappa shape index (κ3) is 6.20. The van der Waals surface area contributed by atoms with Gasteiger partial charge in [-0.25, -0.2) is 9.97 Å². The second-order valence-corrected chi connectivity index (χ2v) is 10.7. The highest BCUT2D eigenvalue weighted by atomic mass is 16.5. The predicted octanol–water partition coefficient (Wildman–Crippen LogP) is 5.39. The number of piperazine rings is 1. The number of nitrogens with zero attached hydrogens (tertiary/aromatic N) is 5. The maximum Gasteiger partial charge on any atom is 0.223 e. The third-order valence-electron chi connectivity index (χ3n) is 8.04. The Labute approximate surface area is 242 Å². The van der Waals surface area contributed by atoms with Gasteiger partial charge in [-0.3, -0.25) is 0 Å². The maximum absolute atomic E-state index is 11.6. The van der Waals surface area contributed by atoms with Gasteiger partial charge in [-0.05, 0) is 69.1 Å². The van der Waals surface area contributed by atoms with E-state index in [1.54, 1.807) is 14.2 Å². The normalized spacial score (nSPS) is 14.8. The predicted molar refractivity (Wildman–Crippen MR) is 165 cm³/mol. The van der Waals surface area contributed by atoms with Crippen LogP contribution < -0.4 is 19.7 Å². The van der Waals surface area contributed by atoms with Crippen molar-refractivity contribution in [3.05, 3.63) is 65.6 Å². The lowest BCUT2D eigenvalue weighted by molar-refractivity contribution is 0.271. The van der Waals surface area contributed by atoms with Crippen LogP contribution in [0.2, 0.25) is 0 Å². The van der Waals surface area contributed by atoms with Crippen molar-refractivity contribution >= 4 is 22.4 Å². The van der Waals surface area contributed by atoms with Crippen LogP contribution in [0.3, 0.4) is 0 Å². The van der Waals surface area contributed by atoms with Gasteiger partial charge in [0.05, 0.1) is 20.3 Å². The monoisotopic (exact) mass is 558 g/mol. The van der Waals surface area contributed by atoms with Crippen LogP contribution in [-0.4, -0.2) is 78.0 Å². The standard InChI is InChI=1S/C32H42N6O3/c1-6-36-15-17-37(18-16-36)28-10-7-9-25-26(28)21-38(31(25)39)27(24-12-13-29(40-4)30(20-24)41-5)11-8-14-33-32-34-22(2)19-23(3)35-32/h7,9-10,12-13,19-21,27,39H,6,8,11,14-18H2,1-5H3,(H,33,34,35)/t27-/m1/s1. The molecule has 4 aromatic rings. The van der Waals surface area contributed by atoms with E-state index in [4.69, 9.17) is 9.47 Å². The molecule has 2 aromatic heterocycles. The summed E-state index contributed by atoms with van der Waals surface area (Å²) in [6, 6.07) is 14.1. The average Bonchev–Trinajstić information content (AvgIpc) is 3.32. The minimum absolute atomic E-state index is 0.117. The molecular formula is C32H42N6O3. The Morgan fingerprint density at radius 1 is 0.927 bits per heavy atom. The van der Waals surface area contributed by atoms with Crippen LogP contribution in [0.4, 0.5) is 11.6 Å². The smallest absolute Gasteiger partial charge is 0.223 e. The maximum atomic E-state index is 11.6. The minimum atomic E-state index is -0.117. The molecule has 9 nitrogen and oxygen atoms in total. The van der Waals surface area contributed by atoms with Crippen molar-refractivity contribution in [1.29, 1.82) is 0 Å². The van der Waals surface area contributed by atoms with E-state index in [-0.39, 0.29) is 11.9 Å². The summed E-state index contributed by atoms with van der Waals surface area (Å²) < 4.78 is 13.2. The Kier molecular flexibility index (Phi) is 8.83. The number of aryl methyl sites for hydroxylation is 2. The second kappa shape index (κ2) is 12.7. The molecule has 0 spiro atoms. The van der Waals surface area contributed by atoms with Gasteiger partial charge in [-0.2, -0.15) is 0 Å². The van der Waals surface area contributed by atoms with Crippen molar-refractivity contribution in [3.8, 4) is 17.4 Å². The summed E-state index contributed by atoms with van der Waals surface area (Å²) in [5, 5.41) is 16.9. The molecule has 1 aliphatic rings. The molecular weight excluding hydrogens is 516 g/mol. The minimum Gasteiger partial charge on any atom is -0.494 e. The molecule has 0 unspecified atom stereocenters. The molecule has 218 valence electrons. The quantitative estimate of drug-likeness (QED) is 0.237.